The number of benzene rings is 4. The van der Waals surface area contributed by atoms with Crippen molar-refractivity contribution < 1.29 is 4.74 Å². The Kier molecular flexibility index (Phi) is 6.37. The first-order chi connectivity index (χ1) is 21.1. The molecule has 2 heteroatoms. The summed E-state index contributed by atoms with van der Waals surface area (Å²) in [6.45, 7) is 0. The van der Waals surface area contributed by atoms with Crippen molar-refractivity contribution in [3.05, 3.63) is 130 Å². The van der Waals surface area contributed by atoms with Gasteiger partial charge in [-0.25, -0.2) is 0 Å². The van der Waals surface area contributed by atoms with Crippen molar-refractivity contribution in [2.75, 3.05) is 19.0 Å². The van der Waals surface area contributed by atoms with E-state index >= 15 is 0 Å². The van der Waals surface area contributed by atoms with Gasteiger partial charge in [-0.3, -0.25) is 0 Å². The van der Waals surface area contributed by atoms with Gasteiger partial charge in [0.2, 0.25) is 0 Å². The molecule has 1 aliphatic heterocycles. The molecule has 4 aliphatic rings. The molecular formula is C41H41NO. The van der Waals surface area contributed by atoms with E-state index in [9.17, 15) is 0 Å². The summed E-state index contributed by atoms with van der Waals surface area (Å²) < 4.78 is 7.54. The van der Waals surface area contributed by atoms with Gasteiger partial charge in [0, 0.05) is 47.3 Å². The zero-order valence-electron chi connectivity index (χ0n) is 25.5. The first-order valence-corrected chi connectivity index (χ1v) is 16.3. The molecule has 3 aliphatic carbocycles. The molecule has 0 saturated heterocycles. The Morgan fingerprint density at radius 1 is 0.698 bits per heavy atom. The minimum absolute atomic E-state index is 0.0733. The summed E-state index contributed by atoms with van der Waals surface area (Å²) in [4.78, 5) is 2.15. The van der Waals surface area contributed by atoms with Crippen molar-refractivity contribution in [1.29, 1.82) is 0 Å². The quantitative estimate of drug-likeness (QED) is 0.246. The van der Waals surface area contributed by atoms with E-state index in [2.05, 4.69) is 122 Å². The number of hydrogen-bond acceptors (Lipinski definition) is 2. The van der Waals surface area contributed by atoms with Crippen LogP contribution in [-0.4, -0.2) is 14.1 Å². The maximum Gasteiger partial charge on any atom is 0.178 e. The molecule has 0 radical (unpaired) electrons. The summed E-state index contributed by atoms with van der Waals surface area (Å²) in [5.41, 5.74) is 10.5. The molecule has 216 valence electrons. The molecule has 0 aromatic heterocycles. The minimum atomic E-state index is -0.713. The van der Waals surface area contributed by atoms with Gasteiger partial charge in [0.05, 0.1) is 0 Å². The van der Waals surface area contributed by atoms with Gasteiger partial charge in [-0.15, -0.1) is 0 Å². The van der Waals surface area contributed by atoms with E-state index in [-0.39, 0.29) is 5.41 Å². The number of ether oxygens (including phenoxy) is 1. The molecule has 1 unspecified atom stereocenters. The third-order valence-corrected chi connectivity index (χ3v) is 10.6. The molecule has 0 N–H and O–H groups in total. The van der Waals surface area contributed by atoms with E-state index in [1.807, 2.05) is 0 Å². The van der Waals surface area contributed by atoms with Crippen molar-refractivity contribution in [2.45, 2.75) is 68.8 Å². The van der Waals surface area contributed by atoms with Crippen molar-refractivity contribution in [2.24, 2.45) is 0 Å². The largest absolute Gasteiger partial charge is 0.472 e. The first-order valence-electron chi connectivity index (χ1n) is 16.3. The Balaban J connectivity index is 1.40. The molecule has 2 nitrogen and oxygen atoms in total. The molecule has 43 heavy (non-hydrogen) atoms. The second-order valence-electron chi connectivity index (χ2n) is 13.2. The lowest BCUT2D eigenvalue weighted by Crippen LogP contribution is -2.35. The van der Waals surface area contributed by atoms with Crippen LogP contribution in [0.2, 0.25) is 0 Å². The lowest BCUT2D eigenvalue weighted by Gasteiger charge is -2.41. The lowest BCUT2D eigenvalue weighted by atomic mass is 9.66. The first kappa shape index (κ1) is 26.6. The van der Waals surface area contributed by atoms with E-state index in [1.165, 1.54) is 72.5 Å². The van der Waals surface area contributed by atoms with Crippen LogP contribution in [0.3, 0.4) is 0 Å². The highest BCUT2D eigenvalue weighted by Crippen LogP contribution is 2.61. The van der Waals surface area contributed by atoms with Crippen LogP contribution in [0.15, 0.2) is 103 Å². The summed E-state index contributed by atoms with van der Waals surface area (Å²) in [7, 11) is 4.19. The zero-order valence-corrected chi connectivity index (χ0v) is 25.5. The minimum Gasteiger partial charge on any atom is -0.472 e. The SMILES string of the molecule is CN(C)c1ccc(C2(c3ccccc3)C=Cc3c4c(c5ccccc5c3O2)C2=C(C=CCC2)C42CCCCCCC2)cc1. The Bertz CT molecular complexity index is 1780. The Morgan fingerprint density at radius 2 is 1.37 bits per heavy atom. The van der Waals surface area contributed by atoms with E-state index in [0.29, 0.717) is 0 Å². The third-order valence-electron chi connectivity index (χ3n) is 10.6. The van der Waals surface area contributed by atoms with Crippen LogP contribution in [-0.2, 0) is 11.0 Å². The van der Waals surface area contributed by atoms with Gasteiger partial charge >= 0.3 is 0 Å². The molecule has 1 saturated carbocycles. The Morgan fingerprint density at radius 3 is 2.12 bits per heavy atom. The highest BCUT2D eigenvalue weighted by molar-refractivity contribution is 6.06. The molecule has 0 bridgehead atoms. The number of nitrogens with zero attached hydrogens (tertiary/aromatic N) is 1. The smallest absolute Gasteiger partial charge is 0.178 e. The molecule has 1 heterocycles. The predicted octanol–water partition coefficient (Wildman–Crippen LogP) is 10.4. The van der Waals surface area contributed by atoms with Crippen LogP contribution in [0.5, 0.6) is 5.75 Å². The summed E-state index contributed by atoms with van der Waals surface area (Å²) in [5.74, 6) is 1.04. The number of allylic oxidation sites excluding steroid dienone is 4. The molecular weight excluding hydrogens is 522 g/mol. The number of rotatable bonds is 3. The van der Waals surface area contributed by atoms with E-state index in [0.717, 1.165) is 29.7 Å². The highest BCUT2D eigenvalue weighted by Gasteiger charge is 2.48. The second kappa shape index (κ2) is 10.3. The maximum absolute atomic E-state index is 7.54. The fourth-order valence-electron chi connectivity index (χ4n) is 8.61. The van der Waals surface area contributed by atoms with Gasteiger partial charge < -0.3 is 9.64 Å². The van der Waals surface area contributed by atoms with Gasteiger partial charge in [-0.05, 0) is 71.6 Å². The maximum atomic E-state index is 7.54. The summed E-state index contributed by atoms with van der Waals surface area (Å²) >= 11 is 0. The highest BCUT2D eigenvalue weighted by atomic mass is 16.5. The molecule has 0 amide bonds. The fraction of sp³-hybridized carbons (Fsp3) is 0.317. The average Bonchev–Trinajstić information content (AvgIpc) is 3.34. The summed E-state index contributed by atoms with van der Waals surface area (Å²) in [6, 6.07) is 28.8. The zero-order chi connectivity index (χ0) is 29.0. The molecule has 4 aromatic carbocycles. The summed E-state index contributed by atoms with van der Waals surface area (Å²) in [5, 5.41) is 2.59. The van der Waals surface area contributed by atoms with E-state index < -0.39 is 5.60 Å². The predicted molar refractivity (Wildman–Crippen MR) is 181 cm³/mol. The number of hydrogen-bond donors (Lipinski definition) is 0. The molecule has 1 spiro atoms. The standard InChI is InChI=1S/C41H41NO/c1-42(2)31-23-21-30(22-24-31)41(29-15-7-6-8-16-29)28-25-35-38-37(32-17-9-10-18-33(32)39(35)43-41)34-19-11-12-20-36(34)40(38)26-13-4-3-5-14-27-40/h6-10,12,15-18,20-25,28H,3-5,11,13-14,19,26-27H2,1-2H3. The van der Waals surface area contributed by atoms with E-state index in [4.69, 9.17) is 4.74 Å². The normalized spacial score (nSPS) is 22.0. The lowest BCUT2D eigenvalue weighted by molar-refractivity contribution is 0.163. The van der Waals surface area contributed by atoms with Crippen molar-refractivity contribution in [3.8, 4) is 5.75 Å². The second-order valence-corrected chi connectivity index (χ2v) is 13.2. The third kappa shape index (κ3) is 3.99. The van der Waals surface area contributed by atoms with Crippen LogP contribution in [0.1, 0.15) is 85.6 Å². The monoisotopic (exact) mass is 563 g/mol. The van der Waals surface area contributed by atoms with Crippen LogP contribution in [0.25, 0.3) is 22.4 Å². The molecule has 1 atom stereocenters. The molecule has 8 rings (SSSR count). The van der Waals surface area contributed by atoms with Crippen LogP contribution >= 0.6 is 0 Å². The summed E-state index contributed by atoms with van der Waals surface area (Å²) in [6.07, 6.45) is 21.1. The van der Waals surface area contributed by atoms with Gasteiger partial charge in [-0.1, -0.05) is 117 Å². The van der Waals surface area contributed by atoms with Crippen molar-refractivity contribution >= 4 is 28.1 Å². The van der Waals surface area contributed by atoms with Gasteiger partial charge in [0.15, 0.2) is 5.60 Å². The topological polar surface area (TPSA) is 12.5 Å². The van der Waals surface area contributed by atoms with Gasteiger partial charge in [0.1, 0.15) is 5.75 Å². The van der Waals surface area contributed by atoms with Crippen LogP contribution in [0.4, 0.5) is 5.69 Å². The van der Waals surface area contributed by atoms with E-state index in [1.54, 1.807) is 16.7 Å². The van der Waals surface area contributed by atoms with Crippen LogP contribution in [0, 0.1) is 0 Å². The average molecular weight is 564 g/mol. The Labute approximate surface area is 256 Å². The fourth-order valence-corrected chi connectivity index (χ4v) is 8.61. The number of anilines is 1. The number of fused-ring (bicyclic) bond motifs is 9. The van der Waals surface area contributed by atoms with Gasteiger partial charge in [-0.2, -0.15) is 0 Å². The Hall–Kier alpha value is -4.04. The van der Waals surface area contributed by atoms with Crippen LogP contribution < -0.4 is 9.64 Å². The molecule has 4 aromatic rings. The van der Waals surface area contributed by atoms with Crippen molar-refractivity contribution in [1.82, 2.24) is 0 Å². The van der Waals surface area contributed by atoms with Gasteiger partial charge in [0.25, 0.3) is 0 Å². The van der Waals surface area contributed by atoms with Crippen molar-refractivity contribution in [3.63, 3.8) is 0 Å². The molecule has 1 fully saturated rings.